The van der Waals surface area contributed by atoms with Crippen LogP contribution >= 0.6 is 0 Å². The minimum Gasteiger partial charge on any atom is -0.326 e. The van der Waals surface area contributed by atoms with Crippen LogP contribution in [-0.4, -0.2) is 54.6 Å². The molecular weight excluding hydrogens is 246 g/mol. The standard InChI is InChI=1S/C17H35N3/c1-4-7-14-9-10-16(18)17(12-14)19(3)13-15-8-6-11-20(15)5-2/h14-17H,4-13,18H2,1-3H3. The van der Waals surface area contributed by atoms with E-state index >= 15 is 0 Å². The first kappa shape index (κ1) is 16.3. The van der Waals surface area contributed by atoms with Crippen molar-refractivity contribution in [2.24, 2.45) is 11.7 Å². The molecule has 0 bridgehead atoms. The Kier molecular flexibility index (Phi) is 6.31. The second-order valence-corrected chi connectivity index (χ2v) is 7.06. The molecule has 0 spiro atoms. The molecule has 2 fully saturated rings. The fourth-order valence-electron chi connectivity index (χ4n) is 4.42. The Balaban J connectivity index is 1.87. The topological polar surface area (TPSA) is 32.5 Å². The van der Waals surface area contributed by atoms with Crippen LogP contribution in [0.2, 0.25) is 0 Å². The molecular formula is C17H35N3. The summed E-state index contributed by atoms with van der Waals surface area (Å²) in [5, 5.41) is 0. The number of likely N-dealkylation sites (tertiary alicyclic amines) is 1. The Bertz CT molecular complexity index is 281. The quantitative estimate of drug-likeness (QED) is 0.812. The van der Waals surface area contributed by atoms with Gasteiger partial charge in [-0.2, -0.15) is 0 Å². The highest BCUT2D eigenvalue weighted by Crippen LogP contribution is 2.30. The molecule has 0 aromatic heterocycles. The van der Waals surface area contributed by atoms with Crippen molar-refractivity contribution in [2.45, 2.75) is 76.9 Å². The zero-order valence-corrected chi connectivity index (χ0v) is 13.9. The maximum atomic E-state index is 6.42. The summed E-state index contributed by atoms with van der Waals surface area (Å²) in [6.45, 7) is 8.32. The zero-order chi connectivity index (χ0) is 14.5. The van der Waals surface area contributed by atoms with Gasteiger partial charge in [-0.05, 0) is 58.2 Å². The minimum atomic E-state index is 0.393. The van der Waals surface area contributed by atoms with E-state index in [0.29, 0.717) is 12.1 Å². The maximum absolute atomic E-state index is 6.42. The summed E-state index contributed by atoms with van der Waals surface area (Å²) >= 11 is 0. The molecule has 1 saturated heterocycles. The van der Waals surface area contributed by atoms with Crippen LogP contribution in [0.25, 0.3) is 0 Å². The first-order valence-corrected chi connectivity index (χ1v) is 8.85. The fourth-order valence-corrected chi connectivity index (χ4v) is 4.42. The van der Waals surface area contributed by atoms with Crippen LogP contribution < -0.4 is 5.73 Å². The van der Waals surface area contributed by atoms with Crippen molar-refractivity contribution in [3.05, 3.63) is 0 Å². The van der Waals surface area contributed by atoms with Gasteiger partial charge in [0.25, 0.3) is 0 Å². The SMILES string of the molecule is CCCC1CCC(N)C(N(C)CC2CCCN2CC)C1. The summed E-state index contributed by atoms with van der Waals surface area (Å²) in [4.78, 5) is 5.24. The van der Waals surface area contributed by atoms with Gasteiger partial charge in [0.05, 0.1) is 0 Å². The number of rotatable bonds is 6. The lowest BCUT2D eigenvalue weighted by Crippen LogP contribution is -2.52. The van der Waals surface area contributed by atoms with Gasteiger partial charge in [-0.25, -0.2) is 0 Å². The molecule has 1 saturated carbocycles. The monoisotopic (exact) mass is 281 g/mol. The fraction of sp³-hybridized carbons (Fsp3) is 1.00. The van der Waals surface area contributed by atoms with E-state index < -0.39 is 0 Å². The van der Waals surface area contributed by atoms with E-state index in [4.69, 9.17) is 5.73 Å². The van der Waals surface area contributed by atoms with E-state index in [0.717, 1.165) is 12.0 Å². The van der Waals surface area contributed by atoms with Crippen molar-refractivity contribution in [2.75, 3.05) is 26.7 Å². The molecule has 1 heterocycles. The van der Waals surface area contributed by atoms with Gasteiger partial charge in [0.1, 0.15) is 0 Å². The average molecular weight is 281 g/mol. The molecule has 4 unspecified atom stereocenters. The summed E-state index contributed by atoms with van der Waals surface area (Å²) in [5.74, 6) is 0.915. The van der Waals surface area contributed by atoms with Crippen LogP contribution in [0.3, 0.4) is 0 Å². The third-order valence-electron chi connectivity index (χ3n) is 5.64. The van der Waals surface area contributed by atoms with Gasteiger partial charge in [-0.15, -0.1) is 0 Å². The Labute approximate surface area is 125 Å². The van der Waals surface area contributed by atoms with Crippen molar-refractivity contribution in [1.29, 1.82) is 0 Å². The lowest BCUT2D eigenvalue weighted by atomic mass is 9.80. The predicted octanol–water partition coefficient (Wildman–Crippen LogP) is 2.70. The Morgan fingerprint density at radius 2 is 2.00 bits per heavy atom. The number of nitrogens with two attached hydrogens (primary N) is 1. The minimum absolute atomic E-state index is 0.393. The molecule has 3 nitrogen and oxygen atoms in total. The van der Waals surface area contributed by atoms with Crippen molar-refractivity contribution < 1.29 is 0 Å². The van der Waals surface area contributed by atoms with E-state index in [9.17, 15) is 0 Å². The lowest BCUT2D eigenvalue weighted by Gasteiger charge is -2.41. The molecule has 2 rings (SSSR count). The molecule has 0 radical (unpaired) electrons. The third-order valence-corrected chi connectivity index (χ3v) is 5.64. The van der Waals surface area contributed by atoms with E-state index in [1.807, 2.05) is 0 Å². The summed E-state index contributed by atoms with van der Waals surface area (Å²) in [7, 11) is 2.31. The van der Waals surface area contributed by atoms with Crippen molar-refractivity contribution >= 4 is 0 Å². The molecule has 0 amide bonds. The van der Waals surface area contributed by atoms with Gasteiger partial charge in [0.15, 0.2) is 0 Å². The van der Waals surface area contributed by atoms with Crippen LogP contribution in [0.5, 0.6) is 0 Å². The smallest absolute Gasteiger partial charge is 0.0247 e. The van der Waals surface area contributed by atoms with Crippen molar-refractivity contribution in [1.82, 2.24) is 9.80 Å². The van der Waals surface area contributed by atoms with Gasteiger partial charge < -0.3 is 10.6 Å². The van der Waals surface area contributed by atoms with Gasteiger partial charge in [0, 0.05) is 24.7 Å². The molecule has 3 heteroatoms. The molecule has 2 N–H and O–H groups in total. The lowest BCUT2D eigenvalue weighted by molar-refractivity contribution is 0.103. The van der Waals surface area contributed by atoms with E-state index in [1.54, 1.807) is 0 Å². The summed E-state index contributed by atoms with van der Waals surface area (Å²) < 4.78 is 0. The van der Waals surface area contributed by atoms with E-state index in [2.05, 4.69) is 30.7 Å². The number of nitrogens with zero attached hydrogens (tertiary/aromatic N) is 2. The number of likely N-dealkylation sites (N-methyl/N-ethyl adjacent to an activating group) is 2. The van der Waals surface area contributed by atoms with Gasteiger partial charge in [-0.1, -0.05) is 26.7 Å². The highest BCUT2D eigenvalue weighted by atomic mass is 15.2. The first-order valence-electron chi connectivity index (χ1n) is 8.85. The highest BCUT2D eigenvalue weighted by Gasteiger charge is 2.33. The first-order chi connectivity index (χ1) is 9.65. The van der Waals surface area contributed by atoms with E-state index in [-0.39, 0.29) is 0 Å². The van der Waals surface area contributed by atoms with Crippen molar-refractivity contribution in [3.8, 4) is 0 Å². The Hall–Kier alpha value is -0.120. The molecule has 1 aliphatic carbocycles. The second kappa shape index (κ2) is 7.77. The molecule has 2 aliphatic rings. The van der Waals surface area contributed by atoms with Gasteiger partial charge in [-0.3, -0.25) is 4.90 Å². The largest absolute Gasteiger partial charge is 0.326 e. The number of hydrogen-bond donors (Lipinski definition) is 1. The van der Waals surface area contributed by atoms with Crippen LogP contribution in [0.4, 0.5) is 0 Å². The predicted molar refractivity (Wildman–Crippen MR) is 86.9 cm³/mol. The molecule has 4 atom stereocenters. The summed E-state index contributed by atoms with van der Waals surface area (Å²) in [5.41, 5.74) is 6.42. The van der Waals surface area contributed by atoms with Gasteiger partial charge in [0.2, 0.25) is 0 Å². The Morgan fingerprint density at radius 1 is 1.20 bits per heavy atom. The molecule has 0 aromatic rings. The van der Waals surface area contributed by atoms with Crippen LogP contribution in [0.15, 0.2) is 0 Å². The van der Waals surface area contributed by atoms with Crippen LogP contribution in [0.1, 0.15) is 58.8 Å². The Morgan fingerprint density at radius 3 is 2.70 bits per heavy atom. The van der Waals surface area contributed by atoms with Crippen molar-refractivity contribution in [3.63, 3.8) is 0 Å². The molecule has 0 aromatic carbocycles. The summed E-state index contributed by atoms with van der Waals surface area (Å²) in [6.07, 6.45) is 9.36. The zero-order valence-electron chi connectivity index (χ0n) is 13.9. The average Bonchev–Trinajstić information content (AvgIpc) is 2.88. The number of hydrogen-bond acceptors (Lipinski definition) is 3. The van der Waals surface area contributed by atoms with Gasteiger partial charge >= 0.3 is 0 Å². The molecule has 118 valence electrons. The molecule has 20 heavy (non-hydrogen) atoms. The third kappa shape index (κ3) is 3.96. The second-order valence-electron chi connectivity index (χ2n) is 7.06. The van der Waals surface area contributed by atoms with E-state index in [1.165, 1.54) is 64.6 Å². The highest BCUT2D eigenvalue weighted by molar-refractivity contribution is 4.90. The summed E-state index contributed by atoms with van der Waals surface area (Å²) in [6, 6.07) is 1.77. The van der Waals surface area contributed by atoms with Crippen LogP contribution in [0, 0.1) is 5.92 Å². The van der Waals surface area contributed by atoms with Crippen LogP contribution in [-0.2, 0) is 0 Å². The maximum Gasteiger partial charge on any atom is 0.0247 e. The normalized spacial score (nSPS) is 35.9. The molecule has 1 aliphatic heterocycles.